The standard InChI is InChI=1S/C9H15BrN2S/c1-6(10)5-7-11-8(12-13-7)9(2,3)4/h6H,5H2,1-4H3. The third-order valence-electron chi connectivity index (χ3n) is 1.59. The molecule has 0 fully saturated rings. The smallest absolute Gasteiger partial charge is 0.147 e. The molecule has 4 heteroatoms. The fourth-order valence-electron chi connectivity index (χ4n) is 0.883. The molecule has 1 atom stereocenters. The molecule has 1 unspecified atom stereocenters. The Bertz CT molecular complexity index is 275. The van der Waals surface area contributed by atoms with Gasteiger partial charge in [0.15, 0.2) is 0 Å². The van der Waals surface area contributed by atoms with E-state index < -0.39 is 0 Å². The van der Waals surface area contributed by atoms with Crippen LogP contribution in [0.25, 0.3) is 0 Å². The minimum atomic E-state index is 0.0737. The third-order valence-corrected chi connectivity index (χ3v) is 2.65. The van der Waals surface area contributed by atoms with Crippen LogP contribution in [0.5, 0.6) is 0 Å². The molecule has 0 saturated heterocycles. The lowest BCUT2D eigenvalue weighted by molar-refractivity contribution is 0.552. The molecule has 1 rings (SSSR count). The maximum Gasteiger partial charge on any atom is 0.147 e. The quantitative estimate of drug-likeness (QED) is 0.766. The molecule has 0 bridgehead atoms. The second kappa shape index (κ2) is 4.05. The average Bonchev–Trinajstić information content (AvgIpc) is 2.32. The summed E-state index contributed by atoms with van der Waals surface area (Å²) in [5.74, 6) is 0.959. The van der Waals surface area contributed by atoms with Crippen molar-refractivity contribution in [1.82, 2.24) is 9.36 Å². The first-order chi connectivity index (χ1) is 5.89. The van der Waals surface area contributed by atoms with Crippen molar-refractivity contribution in [2.75, 3.05) is 0 Å². The van der Waals surface area contributed by atoms with Gasteiger partial charge >= 0.3 is 0 Å². The van der Waals surface area contributed by atoms with E-state index in [9.17, 15) is 0 Å². The second-order valence-corrected chi connectivity index (χ2v) is 6.65. The molecule has 0 aliphatic carbocycles. The highest BCUT2D eigenvalue weighted by molar-refractivity contribution is 9.09. The molecule has 0 aliphatic rings. The number of nitrogens with zero attached hydrogens (tertiary/aromatic N) is 2. The molecule has 74 valence electrons. The number of rotatable bonds is 2. The van der Waals surface area contributed by atoms with Crippen LogP contribution >= 0.6 is 27.5 Å². The van der Waals surface area contributed by atoms with Crippen LogP contribution in [-0.4, -0.2) is 14.2 Å². The number of halogens is 1. The fraction of sp³-hybridized carbons (Fsp3) is 0.778. The molecule has 1 heterocycles. The van der Waals surface area contributed by atoms with Crippen molar-refractivity contribution in [2.24, 2.45) is 0 Å². The van der Waals surface area contributed by atoms with E-state index in [0.29, 0.717) is 4.83 Å². The highest BCUT2D eigenvalue weighted by Gasteiger charge is 2.19. The van der Waals surface area contributed by atoms with Crippen LogP contribution in [0.2, 0.25) is 0 Å². The SMILES string of the molecule is CC(Br)Cc1nc(C(C)(C)C)ns1. The zero-order valence-electron chi connectivity index (χ0n) is 8.47. The molecule has 0 aromatic carbocycles. The van der Waals surface area contributed by atoms with Crippen LogP contribution < -0.4 is 0 Å². The molecule has 0 amide bonds. The Hall–Kier alpha value is 0.0400. The first-order valence-corrected chi connectivity index (χ1v) is 6.05. The molecule has 0 saturated carbocycles. The van der Waals surface area contributed by atoms with Crippen LogP contribution in [0.3, 0.4) is 0 Å². The van der Waals surface area contributed by atoms with Crippen LogP contribution in [0.1, 0.15) is 38.5 Å². The summed E-state index contributed by atoms with van der Waals surface area (Å²) in [5, 5.41) is 1.12. The maximum absolute atomic E-state index is 4.50. The number of alkyl halides is 1. The minimum Gasteiger partial charge on any atom is -0.224 e. The zero-order valence-corrected chi connectivity index (χ0v) is 10.9. The van der Waals surface area contributed by atoms with Gasteiger partial charge in [-0.05, 0) is 11.5 Å². The van der Waals surface area contributed by atoms with Gasteiger partial charge in [0.1, 0.15) is 10.8 Å². The predicted octanol–water partition coefficient (Wildman–Crippen LogP) is 3.16. The van der Waals surface area contributed by atoms with Crippen molar-refractivity contribution >= 4 is 27.5 Å². The minimum absolute atomic E-state index is 0.0737. The number of hydrogen-bond donors (Lipinski definition) is 0. The molecule has 2 nitrogen and oxygen atoms in total. The summed E-state index contributed by atoms with van der Waals surface area (Å²) in [6, 6.07) is 0. The lowest BCUT2D eigenvalue weighted by Crippen LogP contribution is -2.13. The summed E-state index contributed by atoms with van der Waals surface area (Å²) in [4.78, 5) is 4.98. The Kier molecular flexibility index (Phi) is 3.46. The van der Waals surface area contributed by atoms with E-state index in [1.54, 1.807) is 0 Å². The van der Waals surface area contributed by atoms with Gasteiger partial charge in [-0.15, -0.1) is 0 Å². The van der Waals surface area contributed by atoms with E-state index in [1.807, 2.05) is 0 Å². The van der Waals surface area contributed by atoms with Gasteiger partial charge in [-0.1, -0.05) is 43.6 Å². The van der Waals surface area contributed by atoms with E-state index >= 15 is 0 Å². The van der Waals surface area contributed by atoms with Crippen LogP contribution in [0.15, 0.2) is 0 Å². The predicted molar refractivity (Wildman–Crippen MR) is 60.7 cm³/mol. The number of aromatic nitrogens is 2. The van der Waals surface area contributed by atoms with Gasteiger partial charge in [0.25, 0.3) is 0 Å². The second-order valence-electron chi connectivity index (χ2n) is 4.25. The van der Waals surface area contributed by atoms with Crippen LogP contribution in [0, 0.1) is 0 Å². The molecular formula is C9H15BrN2S. The first kappa shape index (κ1) is 11.1. The molecule has 0 radical (unpaired) electrons. The van der Waals surface area contributed by atoms with E-state index in [-0.39, 0.29) is 5.41 Å². The van der Waals surface area contributed by atoms with Gasteiger partial charge < -0.3 is 0 Å². The van der Waals surface area contributed by atoms with E-state index in [0.717, 1.165) is 17.3 Å². The van der Waals surface area contributed by atoms with Gasteiger partial charge in [0.05, 0.1) is 0 Å². The van der Waals surface area contributed by atoms with Crippen molar-refractivity contribution < 1.29 is 0 Å². The summed E-state index contributed by atoms with van der Waals surface area (Å²) in [6.45, 7) is 8.53. The lowest BCUT2D eigenvalue weighted by Gasteiger charge is -2.12. The Labute approximate surface area is 92.1 Å². The Balaban J connectivity index is 2.75. The van der Waals surface area contributed by atoms with Gasteiger partial charge in [0.2, 0.25) is 0 Å². The summed E-state index contributed by atoms with van der Waals surface area (Å²) in [7, 11) is 0. The van der Waals surface area contributed by atoms with Crippen LogP contribution in [-0.2, 0) is 11.8 Å². The molecular weight excluding hydrogens is 248 g/mol. The molecule has 0 aliphatic heterocycles. The normalized spacial score (nSPS) is 14.5. The van der Waals surface area contributed by atoms with Crippen molar-refractivity contribution in [2.45, 2.75) is 44.4 Å². The largest absolute Gasteiger partial charge is 0.224 e. The Morgan fingerprint density at radius 1 is 1.46 bits per heavy atom. The van der Waals surface area contributed by atoms with E-state index in [2.05, 4.69) is 53.0 Å². The van der Waals surface area contributed by atoms with E-state index in [1.165, 1.54) is 11.5 Å². The Morgan fingerprint density at radius 2 is 2.08 bits per heavy atom. The summed E-state index contributed by atoms with van der Waals surface area (Å²) < 4.78 is 4.35. The zero-order chi connectivity index (χ0) is 10.1. The first-order valence-electron chi connectivity index (χ1n) is 4.36. The third kappa shape index (κ3) is 3.35. The van der Waals surface area contributed by atoms with Gasteiger partial charge in [0, 0.05) is 16.7 Å². The summed E-state index contributed by atoms with van der Waals surface area (Å²) >= 11 is 5.02. The van der Waals surface area contributed by atoms with Crippen molar-refractivity contribution in [3.05, 3.63) is 10.8 Å². The highest BCUT2D eigenvalue weighted by Crippen LogP contribution is 2.21. The lowest BCUT2D eigenvalue weighted by atomic mass is 9.96. The van der Waals surface area contributed by atoms with Gasteiger partial charge in [-0.25, -0.2) is 4.98 Å². The molecule has 1 aromatic rings. The van der Waals surface area contributed by atoms with E-state index in [4.69, 9.17) is 0 Å². The maximum atomic E-state index is 4.50. The molecule has 0 spiro atoms. The summed E-state index contributed by atoms with van der Waals surface area (Å²) in [5.41, 5.74) is 0.0737. The number of hydrogen-bond acceptors (Lipinski definition) is 3. The average molecular weight is 263 g/mol. The fourth-order valence-corrected chi connectivity index (χ4v) is 2.36. The monoisotopic (exact) mass is 262 g/mol. The Morgan fingerprint density at radius 3 is 2.46 bits per heavy atom. The van der Waals surface area contributed by atoms with Gasteiger partial charge in [-0.2, -0.15) is 4.37 Å². The van der Waals surface area contributed by atoms with Crippen molar-refractivity contribution in [3.8, 4) is 0 Å². The topological polar surface area (TPSA) is 25.8 Å². The van der Waals surface area contributed by atoms with Crippen LogP contribution in [0.4, 0.5) is 0 Å². The highest BCUT2D eigenvalue weighted by atomic mass is 79.9. The van der Waals surface area contributed by atoms with Crippen molar-refractivity contribution in [1.29, 1.82) is 0 Å². The van der Waals surface area contributed by atoms with Gasteiger partial charge in [-0.3, -0.25) is 0 Å². The molecule has 13 heavy (non-hydrogen) atoms. The molecule has 1 aromatic heterocycles. The summed E-state index contributed by atoms with van der Waals surface area (Å²) in [6.07, 6.45) is 0.966. The van der Waals surface area contributed by atoms with Crippen molar-refractivity contribution in [3.63, 3.8) is 0 Å². The molecule has 0 N–H and O–H groups in total.